The van der Waals surface area contributed by atoms with Crippen LogP contribution in [0.15, 0.2) is 64.2 Å². The second kappa shape index (κ2) is 7.54. The zero-order chi connectivity index (χ0) is 19.6. The summed E-state index contributed by atoms with van der Waals surface area (Å²) in [6, 6.07) is 15.6. The van der Waals surface area contributed by atoms with E-state index in [2.05, 4.69) is 5.32 Å². The number of anilines is 2. The molecule has 2 aromatic carbocycles. The van der Waals surface area contributed by atoms with Crippen molar-refractivity contribution in [1.29, 1.82) is 0 Å². The van der Waals surface area contributed by atoms with Crippen molar-refractivity contribution >= 4 is 38.6 Å². The summed E-state index contributed by atoms with van der Waals surface area (Å²) < 4.78 is 26.6. The lowest BCUT2D eigenvalue weighted by atomic mass is 10.1. The number of nitrogens with zero attached hydrogens (tertiary/aromatic N) is 1. The van der Waals surface area contributed by atoms with Gasteiger partial charge in [-0.3, -0.25) is 9.10 Å². The quantitative estimate of drug-likeness (QED) is 0.688. The molecule has 27 heavy (non-hydrogen) atoms. The number of nitrogens with one attached hydrogen (secondary N) is 1. The number of benzene rings is 2. The summed E-state index contributed by atoms with van der Waals surface area (Å²) in [7, 11) is -2.09. The molecule has 0 aliphatic carbocycles. The largest absolute Gasteiger partial charge is 0.322 e. The zero-order valence-electron chi connectivity index (χ0n) is 15.3. The van der Waals surface area contributed by atoms with Crippen LogP contribution in [-0.4, -0.2) is 21.4 Å². The summed E-state index contributed by atoms with van der Waals surface area (Å²) in [5, 5.41) is 4.61. The summed E-state index contributed by atoms with van der Waals surface area (Å²) in [6.45, 7) is 3.94. The molecule has 0 bridgehead atoms. The average Bonchev–Trinajstić information content (AvgIpc) is 3.19. The molecule has 1 heterocycles. The maximum Gasteiger partial charge on any atom is 0.273 e. The number of hydrogen-bond acceptors (Lipinski definition) is 4. The number of amides is 1. The Labute approximate surface area is 163 Å². The third-order valence-electron chi connectivity index (χ3n) is 4.23. The van der Waals surface area contributed by atoms with Gasteiger partial charge in [0.25, 0.3) is 15.9 Å². The van der Waals surface area contributed by atoms with E-state index in [1.807, 2.05) is 32.0 Å². The molecule has 140 valence electrons. The van der Waals surface area contributed by atoms with Crippen LogP contribution in [-0.2, 0) is 10.0 Å². The smallest absolute Gasteiger partial charge is 0.273 e. The minimum absolute atomic E-state index is 0.239. The molecular weight excluding hydrogens is 380 g/mol. The van der Waals surface area contributed by atoms with E-state index in [0.29, 0.717) is 11.3 Å². The Bertz CT molecular complexity index is 1060. The molecule has 0 fully saturated rings. The number of sulfonamides is 1. The third-order valence-corrected chi connectivity index (χ3v) is 7.39. The number of rotatable bonds is 5. The van der Waals surface area contributed by atoms with E-state index in [4.69, 9.17) is 0 Å². The molecule has 1 aromatic heterocycles. The molecule has 0 radical (unpaired) electrons. The van der Waals surface area contributed by atoms with Gasteiger partial charge < -0.3 is 5.32 Å². The van der Waals surface area contributed by atoms with Crippen LogP contribution >= 0.6 is 11.3 Å². The van der Waals surface area contributed by atoms with Crippen LogP contribution in [0.3, 0.4) is 0 Å². The van der Waals surface area contributed by atoms with Crippen molar-refractivity contribution < 1.29 is 13.2 Å². The number of carbonyl (C=O) groups excluding carboxylic acids is 1. The van der Waals surface area contributed by atoms with E-state index >= 15 is 0 Å². The standard InChI is InChI=1S/C20H20N2O3S2/c1-14-6-11-18(15(2)13-14)21-20(23)16-7-9-17(10-8-16)22(3)27(24,25)19-5-4-12-26-19/h4-13H,1-3H3,(H,21,23). The highest BCUT2D eigenvalue weighted by molar-refractivity contribution is 7.94. The van der Waals surface area contributed by atoms with Crippen LogP contribution in [0.25, 0.3) is 0 Å². The first-order chi connectivity index (χ1) is 12.8. The maximum atomic E-state index is 12.6. The van der Waals surface area contributed by atoms with E-state index in [0.717, 1.165) is 16.8 Å². The molecule has 0 saturated heterocycles. The fourth-order valence-corrected chi connectivity index (χ4v) is 5.01. The highest BCUT2D eigenvalue weighted by Crippen LogP contribution is 2.25. The molecule has 0 saturated carbocycles. The van der Waals surface area contributed by atoms with E-state index < -0.39 is 10.0 Å². The van der Waals surface area contributed by atoms with E-state index in [1.54, 1.807) is 41.8 Å². The molecule has 1 N–H and O–H groups in total. The van der Waals surface area contributed by atoms with Crippen LogP contribution in [0, 0.1) is 13.8 Å². The second-order valence-corrected chi connectivity index (χ2v) is 9.37. The molecule has 3 rings (SSSR count). The van der Waals surface area contributed by atoms with Gasteiger partial charge in [-0.1, -0.05) is 23.8 Å². The van der Waals surface area contributed by atoms with Crippen molar-refractivity contribution in [3.63, 3.8) is 0 Å². The lowest BCUT2D eigenvalue weighted by molar-refractivity contribution is 0.102. The van der Waals surface area contributed by atoms with Gasteiger partial charge in [-0.15, -0.1) is 11.3 Å². The third kappa shape index (κ3) is 4.04. The van der Waals surface area contributed by atoms with E-state index in [1.165, 1.54) is 22.7 Å². The Balaban J connectivity index is 1.77. The molecule has 1 amide bonds. The molecular formula is C20H20N2O3S2. The average molecular weight is 401 g/mol. The normalized spacial score (nSPS) is 11.2. The fraction of sp³-hybridized carbons (Fsp3) is 0.150. The highest BCUT2D eigenvalue weighted by Gasteiger charge is 2.22. The first kappa shape index (κ1) is 19.1. The van der Waals surface area contributed by atoms with Gasteiger partial charge in [-0.25, -0.2) is 8.42 Å². The number of carbonyl (C=O) groups is 1. The molecule has 0 atom stereocenters. The monoisotopic (exact) mass is 400 g/mol. The van der Waals surface area contributed by atoms with Gasteiger partial charge in [-0.2, -0.15) is 0 Å². The number of aryl methyl sites for hydroxylation is 2. The molecule has 7 heteroatoms. The molecule has 0 aliphatic rings. The fourth-order valence-electron chi connectivity index (χ4n) is 2.66. The predicted octanol–water partition coefficient (Wildman–Crippen LogP) is 4.44. The van der Waals surface area contributed by atoms with Crippen molar-refractivity contribution in [3.05, 3.63) is 76.7 Å². The molecule has 3 aromatic rings. The summed E-state index contributed by atoms with van der Waals surface area (Å²) in [5.74, 6) is -0.239. The lowest BCUT2D eigenvalue weighted by Crippen LogP contribution is -2.25. The minimum Gasteiger partial charge on any atom is -0.322 e. The highest BCUT2D eigenvalue weighted by atomic mass is 32.2. The van der Waals surface area contributed by atoms with Crippen molar-refractivity contribution in [2.45, 2.75) is 18.1 Å². The van der Waals surface area contributed by atoms with Crippen molar-refractivity contribution in [3.8, 4) is 0 Å². The Hall–Kier alpha value is -2.64. The van der Waals surface area contributed by atoms with Gasteiger partial charge in [0.1, 0.15) is 4.21 Å². The number of thiophene rings is 1. The van der Waals surface area contributed by atoms with Crippen molar-refractivity contribution in [2.75, 3.05) is 16.7 Å². The number of hydrogen-bond donors (Lipinski definition) is 1. The summed E-state index contributed by atoms with van der Waals surface area (Å²) in [4.78, 5) is 12.5. The zero-order valence-corrected chi connectivity index (χ0v) is 16.9. The molecule has 0 aliphatic heterocycles. The van der Waals surface area contributed by atoms with Crippen LogP contribution in [0.1, 0.15) is 21.5 Å². The van der Waals surface area contributed by atoms with Crippen LogP contribution in [0.5, 0.6) is 0 Å². The maximum absolute atomic E-state index is 12.6. The van der Waals surface area contributed by atoms with Gasteiger partial charge in [0.2, 0.25) is 0 Å². The van der Waals surface area contributed by atoms with Gasteiger partial charge in [0, 0.05) is 18.3 Å². The van der Waals surface area contributed by atoms with Crippen molar-refractivity contribution in [2.24, 2.45) is 0 Å². The lowest BCUT2D eigenvalue weighted by Gasteiger charge is -2.18. The summed E-state index contributed by atoms with van der Waals surface area (Å²) >= 11 is 1.17. The first-order valence-electron chi connectivity index (χ1n) is 8.30. The van der Waals surface area contributed by atoms with E-state index in [-0.39, 0.29) is 10.1 Å². The van der Waals surface area contributed by atoms with Crippen molar-refractivity contribution in [1.82, 2.24) is 0 Å². The predicted molar refractivity (Wildman–Crippen MR) is 110 cm³/mol. The Morgan fingerprint density at radius 1 is 1.04 bits per heavy atom. The van der Waals surface area contributed by atoms with Gasteiger partial charge in [0.15, 0.2) is 0 Å². The van der Waals surface area contributed by atoms with Crippen LogP contribution in [0.4, 0.5) is 11.4 Å². The topological polar surface area (TPSA) is 66.5 Å². The Kier molecular flexibility index (Phi) is 5.34. The Morgan fingerprint density at radius 3 is 2.33 bits per heavy atom. The molecule has 0 spiro atoms. The summed E-state index contributed by atoms with van der Waals surface area (Å²) in [5.41, 5.74) is 3.82. The van der Waals surface area contributed by atoms with Crippen LogP contribution in [0.2, 0.25) is 0 Å². The molecule has 0 unspecified atom stereocenters. The second-order valence-electron chi connectivity index (χ2n) is 6.22. The SMILES string of the molecule is Cc1ccc(NC(=O)c2ccc(N(C)S(=O)(=O)c3cccs3)cc2)c(C)c1. The minimum atomic E-state index is -3.59. The van der Waals surface area contributed by atoms with Crippen LogP contribution < -0.4 is 9.62 Å². The van der Waals surface area contributed by atoms with E-state index in [9.17, 15) is 13.2 Å². The van der Waals surface area contributed by atoms with Gasteiger partial charge in [0.05, 0.1) is 5.69 Å². The first-order valence-corrected chi connectivity index (χ1v) is 10.6. The Morgan fingerprint density at radius 2 is 1.74 bits per heavy atom. The summed E-state index contributed by atoms with van der Waals surface area (Å²) in [6.07, 6.45) is 0. The molecule has 5 nitrogen and oxygen atoms in total. The van der Waals surface area contributed by atoms with Gasteiger partial charge in [-0.05, 0) is 61.2 Å². The van der Waals surface area contributed by atoms with Gasteiger partial charge >= 0.3 is 0 Å².